The van der Waals surface area contributed by atoms with Crippen molar-refractivity contribution in [2.45, 2.75) is 19.6 Å². The maximum absolute atomic E-state index is 12.6. The van der Waals surface area contributed by atoms with E-state index in [0.717, 1.165) is 19.6 Å². The minimum absolute atomic E-state index is 0.0685. The van der Waals surface area contributed by atoms with Gasteiger partial charge < -0.3 is 20.1 Å². The average Bonchev–Trinajstić information content (AvgIpc) is 2.72. The second kappa shape index (κ2) is 10.0. The van der Waals surface area contributed by atoms with E-state index < -0.39 is 0 Å². The van der Waals surface area contributed by atoms with E-state index in [1.807, 2.05) is 18.2 Å². The zero-order valence-electron chi connectivity index (χ0n) is 16.8. The highest BCUT2D eigenvalue weighted by Gasteiger charge is 2.22. The SMILES string of the molecule is COc1cc(NC(C)=O)ccc1C(=O)NCC1CN(Cc2ccccc2)CCO1. The van der Waals surface area contributed by atoms with Crippen molar-refractivity contribution in [1.82, 2.24) is 10.2 Å². The number of nitrogens with zero attached hydrogens (tertiary/aromatic N) is 1. The number of carbonyl (C=O) groups excluding carboxylic acids is 2. The quantitative estimate of drug-likeness (QED) is 0.749. The predicted molar refractivity (Wildman–Crippen MR) is 111 cm³/mol. The van der Waals surface area contributed by atoms with Crippen LogP contribution in [0, 0.1) is 0 Å². The lowest BCUT2D eigenvalue weighted by atomic mass is 10.1. The lowest BCUT2D eigenvalue weighted by molar-refractivity contribution is -0.114. The van der Waals surface area contributed by atoms with Crippen LogP contribution in [0.5, 0.6) is 5.75 Å². The molecule has 1 unspecified atom stereocenters. The van der Waals surface area contributed by atoms with E-state index in [1.54, 1.807) is 18.2 Å². The largest absolute Gasteiger partial charge is 0.496 e. The van der Waals surface area contributed by atoms with Crippen molar-refractivity contribution in [2.75, 3.05) is 38.7 Å². The van der Waals surface area contributed by atoms with Gasteiger partial charge >= 0.3 is 0 Å². The molecule has 1 aliphatic rings. The zero-order chi connectivity index (χ0) is 20.6. The number of carbonyl (C=O) groups is 2. The molecule has 1 fully saturated rings. The highest BCUT2D eigenvalue weighted by atomic mass is 16.5. The number of anilines is 1. The van der Waals surface area contributed by atoms with Gasteiger partial charge in [0.2, 0.25) is 5.91 Å². The van der Waals surface area contributed by atoms with Crippen molar-refractivity contribution in [3.8, 4) is 5.75 Å². The van der Waals surface area contributed by atoms with Crippen molar-refractivity contribution in [3.05, 3.63) is 59.7 Å². The Balaban J connectivity index is 1.55. The van der Waals surface area contributed by atoms with E-state index in [0.29, 0.717) is 30.2 Å². The Morgan fingerprint density at radius 1 is 1.21 bits per heavy atom. The maximum atomic E-state index is 12.6. The summed E-state index contributed by atoms with van der Waals surface area (Å²) in [5, 5.41) is 5.61. The molecule has 154 valence electrons. The predicted octanol–water partition coefficient (Wildman–Crippen LogP) is 2.28. The number of hydrogen-bond acceptors (Lipinski definition) is 5. The normalized spacial score (nSPS) is 16.8. The lowest BCUT2D eigenvalue weighted by Crippen LogP contribution is -2.47. The standard InChI is InChI=1S/C22H27N3O4/c1-16(26)24-18-8-9-20(21(12-18)28-2)22(27)23-13-19-15-25(10-11-29-19)14-17-6-4-3-5-7-17/h3-9,12,19H,10-11,13-15H2,1-2H3,(H,23,27)(H,24,26). The molecule has 0 aliphatic carbocycles. The summed E-state index contributed by atoms with van der Waals surface area (Å²) in [6.45, 7) is 4.99. The van der Waals surface area contributed by atoms with Gasteiger partial charge in [-0.3, -0.25) is 14.5 Å². The maximum Gasteiger partial charge on any atom is 0.255 e. The minimum atomic E-state index is -0.236. The van der Waals surface area contributed by atoms with Gasteiger partial charge in [-0.1, -0.05) is 30.3 Å². The van der Waals surface area contributed by atoms with Crippen molar-refractivity contribution in [3.63, 3.8) is 0 Å². The Labute approximate surface area is 171 Å². The van der Waals surface area contributed by atoms with E-state index in [4.69, 9.17) is 9.47 Å². The van der Waals surface area contributed by atoms with E-state index in [1.165, 1.54) is 19.6 Å². The third kappa shape index (κ3) is 6.04. The molecule has 0 spiro atoms. The fraction of sp³-hybridized carbons (Fsp3) is 0.364. The summed E-state index contributed by atoms with van der Waals surface area (Å²) in [7, 11) is 1.50. The Morgan fingerprint density at radius 3 is 2.72 bits per heavy atom. The second-order valence-electron chi connectivity index (χ2n) is 7.02. The Bertz CT molecular complexity index is 841. The van der Waals surface area contributed by atoms with Crippen LogP contribution in [-0.2, 0) is 16.1 Å². The molecule has 2 aromatic rings. The number of methoxy groups -OCH3 is 1. The molecule has 2 aromatic carbocycles. The van der Waals surface area contributed by atoms with E-state index >= 15 is 0 Å². The van der Waals surface area contributed by atoms with Crippen LogP contribution >= 0.6 is 0 Å². The molecular formula is C22H27N3O4. The topological polar surface area (TPSA) is 79.9 Å². The zero-order valence-corrected chi connectivity index (χ0v) is 16.8. The number of rotatable bonds is 7. The number of amides is 2. The molecule has 29 heavy (non-hydrogen) atoms. The molecule has 0 bridgehead atoms. The van der Waals surface area contributed by atoms with Crippen LogP contribution < -0.4 is 15.4 Å². The average molecular weight is 397 g/mol. The van der Waals surface area contributed by atoms with Crippen molar-refractivity contribution < 1.29 is 19.1 Å². The summed E-state index contributed by atoms with van der Waals surface area (Å²) < 4.78 is 11.1. The van der Waals surface area contributed by atoms with Gasteiger partial charge in [0.1, 0.15) is 5.75 Å². The number of morpholine rings is 1. The van der Waals surface area contributed by atoms with Crippen LogP contribution in [0.2, 0.25) is 0 Å². The van der Waals surface area contributed by atoms with Gasteiger partial charge in [-0.05, 0) is 17.7 Å². The summed E-state index contributed by atoms with van der Waals surface area (Å²) in [5.74, 6) is -0.0113. The Morgan fingerprint density at radius 2 is 2.00 bits per heavy atom. The fourth-order valence-electron chi connectivity index (χ4n) is 3.35. The molecule has 7 heteroatoms. The number of benzene rings is 2. The first kappa shape index (κ1) is 20.8. The van der Waals surface area contributed by atoms with Crippen molar-refractivity contribution in [1.29, 1.82) is 0 Å². The van der Waals surface area contributed by atoms with Crippen LogP contribution in [0.1, 0.15) is 22.8 Å². The number of hydrogen-bond donors (Lipinski definition) is 2. The van der Waals surface area contributed by atoms with Gasteiger partial charge in [0.15, 0.2) is 0 Å². The summed E-state index contributed by atoms with van der Waals surface area (Å²) in [4.78, 5) is 26.2. The first-order chi connectivity index (χ1) is 14.0. The van der Waals surface area contributed by atoms with Gasteiger partial charge in [0.05, 0.1) is 25.4 Å². The number of nitrogens with one attached hydrogen (secondary N) is 2. The molecule has 2 amide bonds. The first-order valence-corrected chi connectivity index (χ1v) is 9.67. The van der Waals surface area contributed by atoms with E-state index in [-0.39, 0.29) is 17.9 Å². The van der Waals surface area contributed by atoms with E-state index in [2.05, 4.69) is 27.7 Å². The van der Waals surface area contributed by atoms with Gasteiger partial charge in [0, 0.05) is 44.9 Å². The molecule has 3 rings (SSSR count). The molecule has 0 radical (unpaired) electrons. The van der Waals surface area contributed by atoms with Crippen molar-refractivity contribution >= 4 is 17.5 Å². The number of ether oxygens (including phenoxy) is 2. The Kier molecular flexibility index (Phi) is 7.21. The minimum Gasteiger partial charge on any atom is -0.496 e. The van der Waals surface area contributed by atoms with Gasteiger partial charge in [0.25, 0.3) is 5.91 Å². The van der Waals surface area contributed by atoms with Gasteiger partial charge in [-0.2, -0.15) is 0 Å². The summed E-state index contributed by atoms with van der Waals surface area (Å²) in [6, 6.07) is 15.3. The molecule has 0 saturated carbocycles. The van der Waals surface area contributed by atoms with Crippen LogP contribution in [0.25, 0.3) is 0 Å². The summed E-state index contributed by atoms with van der Waals surface area (Å²) in [5.41, 5.74) is 2.26. The second-order valence-corrected chi connectivity index (χ2v) is 7.02. The molecule has 1 saturated heterocycles. The molecular weight excluding hydrogens is 370 g/mol. The third-order valence-corrected chi connectivity index (χ3v) is 4.73. The monoisotopic (exact) mass is 397 g/mol. The summed E-state index contributed by atoms with van der Waals surface area (Å²) >= 11 is 0. The van der Waals surface area contributed by atoms with E-state index in [9.17, 15) is 9.59 Å². The highest BCUT2D eigenvalue weighted by molar-refractivity contribution is 5.98. The van der Waals surface area contributed by atoms with Gasteiger partial charge in [-0.25, -0.2) is 0 Å². The summed E-state index contributed by atoms with van der Waals surface area (Å²) in [6.07, 6.45) is -0.0685. The fourth-order valence-corrected chi connectivity index (χ4v) is 3.35. The first-order valence-electron chi connectivity index (χ1n) is 9.67. The molecule has 2 N–H and O–H groups in total. The van der Waals surface area contributed by atoms with Crippen LogP contribution in [0.15, 0.2) is 48.5 Å². The van der Waals surface area contributed by atoms with Crippen LogP contribution in [0.4, 0.5) is 5.69 Å². The van der Waals surface area contributed by atoms with Crippen LogP contribution in [0.3, 0.4) is 0 Å². The molecule has 1 aliphatic heterocycles. The third-order valence-electron chi connectivity index (χ3n) is 4.73. The molecule has 1 heterocycles. The lowest BCUT2D eigenvalue weighted by Gasteiger charge is -2.33. The van der Waals surface area contributed by atoms with Crippen molar-refractivity contribution in [2.24, 2.45) is 0 Å². The van der Waals surface area contributed by atoms with Crippen LogP contribution in [-0.4, -0.2) is 56.2 Å². The Hall–Kier alpha value is -2.90. The van der Waals surface area contributed by atoms with Gasteiger partial charge in [-0.15, -0.1) is 0 Å². The molecule has 1 atom stereocenters. The highest BCUT2D eigenvalue weighted by Crippen LogP contribution is 2.23. The molecule has 0 aromatic heterocycles. The molecule has 7 nitrogen and oxygen atoms in total. The smallest absolute Gasteiger partial charge is 0.255 e.